The van der Waals surface area contributed by atoms with Crippen LogP contribution in [0, 0.1) is 11.8 Å². The van der Waals surface area contributed by atoms with Crippen molar-refractivity contribution in [1.82, 2.24) is 15.3 Å². The molecule has 0 spiro atoms. The predicted octanol–water partition coefficient (Wildman–Crippen LogP) is 4.84. The van der Waals surface area contributed by atoms with Crippen LogP contribution in [0.15, 0.2) is 83.8 Å². The molecular formula is C33H37ClN6O4S. The number of halogens is 1. The number of anilines is 1. The minimum Gasteiger partial charge on any atom is -0.371 e. The van der Waals surface area contributed by atoms with Gasteiger partial charge in [0.25, 0.3) is 0 Å². The number of H-pyrrole nitrogens is 1. The summed E-state index contributed by atoms with van der Waals surface area (Å²) < 4.78 is 25.6. The van der Waals surface area contributed by atoms with Gasteiger partial charge in [0.1, 0.15) is 22.5 Å². The van der Waals surface area contributed by atoms with Crippen LogP contribution >= 0.6 is 11.6 Å². The van der Waals surface area contributed by atoms with Crippen LogP contribution < -0.4 is 22.1 Å². The van der Waals surface area contributed by atoms with Gasteiger partial charge in [-0.05, 0) is 86.5 Å². The van der Waals surface area contributed by atoms with Crippen LogP contribution in [0.5, 0.6) is 0 Å². The predicted molar refractivity (Wildman–Crippen MR) is 175 cm³/mol. The summed E-state index contributed by atoms with van der Waals surface area (Å²) >= 11 is 6.60. The molecule has 0 aliphatic heterocycles. The van der Waals surface area contributed by atoms with Crippen molar-refractivity contribution in [3.63, 3.8) is 0 Å². The Labute approximate surface area is 267 Å². The Morgan fingerprint density at radius 2 is 1.69 bits per heavy atom. The smallest absolute Gasteiger partial charge is 0.248 e. The Hall–Kier alpha value is -4.19. The number of rotatable bonds is 12. The molecule has 4 aromatic rings. The summed E-state index contributed by atoms with van der Waals surface area (Å²) in [6.45, 7) is 0.627. The molecule has 3 aromatic carbocycles. The Balaban J connectivity index is 1.37. The van der Waals surface area contributed by atoms with Crippen LogP contribution in [0.25, 0.3) is 11.3 Å². The number of aromatic nitrogens is 2. The standard InChI is InChI=1S/C33H37ClN6O4S/c34-30-29(23-13-15-24(16-14-23)31(36)41)39-32(40-30)28(38-33(42)25-11-9-21(19-35)10-12-25)18-22-5-4-6-26(17-22)37-20-45(43,44)27-7-2-1-3-8-27/h1-8,13-17,21,25,28,37H,9-12,18-20,35H2,(H2,36,41)(H,38,42)(H,39,40)/t21-,25-,28?. The second-order valence-electron chi connectivity index (χ2n) is 11.4. The molecule has 10 nitrogen and oxygen atoms in total. The van der Waals surface area contributed by atoms with Gasteiger partial charge in [0.2, 0.25) is 11.8 Å². The lowest BCUT2D eigenvalue weighted by atomic mass is 9.81. The average molecular weight is 649 g/mol. The fourth-order valence-electron chi connectivity index (χ4n) is 5.62. The number of nitrogens with two attached hydrogens (primary N) is 2. The lowest BCUT2D eigenvalue weighted by Gasteiger charge is -2.28. The van der Waals surface area contributed by atoms with E-state index in [-0.39, 0.29) is 22.6 Å². The van der Waals surface area contributed by atoms with Crippen LogP contribution in [-0.4, -0.2) is 42.6 Å². The molecule has 1 unspecified atom stereocenters. The zero-order valence-electron chi connectivity index (χ0n) is 24.7. The molecular weight excluding hydrogens is 612 g/mol. The monoisotopic (exact) mass is 648 g/mol. The van der Waals surface area contributed by atoms with Gasteiger partial charge in [-0.3, -0.25) is 9.59 Å². The number of primary amides is 1. The molecule has 2 amide bonds. The molecule has 1 heterocycles. The maximum Gasteiger partial charge on any atom is 0.248 e. The topological polar surface area (TPSA) is 173 Å². The first-order valence-corrected chi connectivity index (χ1v) is 16.9. The zero-order chi connectivity index (χ0) is 32.0. The van der Waals surface area contributed by atoms with E-state index >= 15 is 0 Å². The number of hydrogen-bond acceptors (Lipinski definition) is 7. The summed E-state index contributed by atoms with van der Waals surface area (Å²) in [6, 6.07) is 21.8. The third kappa shape index (κ3) is 8.10. The largest absolute Gasteiger partial charge is 0.371 e. The first-order valence-electron chi connectivity index (χ1n) is 14.9. The van der Waals surface area contributed by atoms with E-state index in [9.17, 15) is 18.0 Å². The number of imidazole rings is 1. The molecule has 1 aromatic heterocycles. The van der Waals surface area contributed by atoms with E-state index in [4.69, 9.17) is 28.1 Å². The molecule has 1 atom stereocenters. The normalized spacial score (nSPS) is 17.4. The molecule has 1 fully saturated rings. The highest BCUT2D eigenvalue weighted by atomic mass is 35.5. The molecule has 1 saturated carbocycles. The van der Waals surface area contributed by atoms with Gasteiger partial charge in [-0.25, -0.2) is 13.4 Å². The Morgan fingerprint density at radius 1 is 0.978 bits per heavy atom. The van der Waals surface area contributed by atoms with Gasteiger partial charge in [-0.2, -0.15) is 0 Å². The number of nitrogens with one attached hydrogen (secondary N) is 3. The Kier molecular flexibility index (Phi) is 10.2. The highest BCUT2D eigenvalue weighted by Crippen LogP contribution is 2.32. The Bertz CT molecular complexity index is 1740. The minimum atomic E-state index is -3.54. The van der Waals surface area contributed by atoms with Crippen molar-refractivity contribution in [3.8, 4) is 11.3 Å². The average Bonchev–Trinajstić information content (AvgIpc) is 3.45. The SMILES string of the molecule is NC[C@H]1CC[C@H](C(=O)NC(Cc2cccc(NCS(=O)(=O)c3ccccc3)c2)c2nc(-c3ccc(C(N)=O)cc3)c(Cl)[nH]2)CC1. The first kappa shape index (κ1) is 32.2. The summed E-state index contributed by atoms with van der Waals surface area (Å²) in [6.07, 6.45) is 3.74. The van der Waals surface area contributed by atoms with E-state index in [1.807, 2.05) is 18.2 Å². The van der Waals surface area contributed by atoms with Crippen LogP contribution in [-0.2, 0) is 21.1 Å². The molecule has 45 heavy (non-hydrogen) atoms. The quantitative estimate of drug-likeness (QED) is 0.146. The summed E-state index contributed by atoms with van der Waals surface area (Å²) in [5.74, 6) is -0.0665. The third-order valence-electron chi connectivity index (χ3n) is 8.25. The van der Waals surface area contributed by atoms with Crippen molar-refractivity contribution >= 4 is 38.9 Å². The maximum atomic E-state index is 13.5. The lowest BCUT2D eigenvalue weighted by molar-refractivity contribution is -0.127. The summed E-state index contributed by atoms with van der Waals surface area (Å²) in [5, 5.41) is 6.51. The van der Waals surface area contributed by atoms with Crippen molar-refractivity contribution < 1.29 is 18.0 Å². The van der Waals surface area contributed by atoms with Crippen molar-refractivity contribution in [1.29, 1.82) is 0 Å². The van der Waals surface area contributed by atoms with E-state index < -0.39 is 21.8 Å². The third-order valence-corrected chi connectivity index (χ3v) is 10.0. The highest BCUT2D eigenvalue weighted by molar-refractivity contribution is 7.91. The number of amides is 2. The number of carbonyl (C=O) groups is 2. The Morgan fingerprint density at radius 3 is 2.36 bits per heavy atom. The van der Waals surface area contributed by atoms with E-state index in [1.54, 1.807) is 60.7 Å². The second-order valence-corrected chi connectivity index (χ2v) is 13.8. The molecule has 0 bridgehead atoms. The van der Waals surface area contributed by atoms with Gasteiger partial charge in [-0.1, -0.05) is 54.1 Å². The lowest BCUT2D eigenvalue weighted by Crippen LogP contribution is -2.37. The number of sulfone groups is 1. The van der Waals surface area contributed by atoms with Gasteiger partial charge in [0, 0.05) is 22.7 Å². The van der Waals surface area contributed by atoms with E-state index in [2.05, 4.69) is 15.6 Å². The van der Waals surface area contributed by atoms with E-state index in [1.165, 1.54) is 0 Å². The van der Waals surface area contributed by atoms with Crippen molar-refractivity contribution in [2.45, 2.75) is 43.0 Å². The van der Waals surface area contributed by atoms with E-state index in [0.29, 0.717) is 52.4 Å². The number of carbonyl (C=O) groups excluding carboxylic acids is 2. The molecule has 1 aliphatic carbocycles. The van der Waals surface area contributed by atoms with Crippen molar-refractivity contribution in [3.05, 3.63) is 101 Å². The van der Waals surface area contributed by atoms with Gasteiger partial charge in [0.05, 0.1) is 10.9 Å². The van der Waals surface area contributed by atoms with Crippen LogP contribution in [0.3, 0.4) is 0 Å². The summed E-state index contributed by atoms with van der Waals surface area (Å²) in [4.78, 5) is 33.2. The van der Waals surface area contributed by atoms with Gasteiger partial charge < -0.3 is 27.1 Å². The second kappa shape index (κ2) is 14.3. The summed E-state index contributed by atoms with van der Waals surface area (Å²) in [7, 11) is -3.54. The van der Waals surface area contributed by atoms with Crippen LogP contribution in [0.1, 0.15) is 53.5 Å². The van der Waals surface area contributed by atoms with Crippen molar-refractivity contribution in [2.75, 3.05) is 17.7 Å². The van der Waals surface area contributed by atoms with Gasteiger partial charge in [0.15, 0.2) is 9.84 Å². The minimum absolute atomic E-state index is 0.0569. The fraction of sp³-hybridized carbons (Fsp3) is 0.303. The molecule has 0 saturated heterocycles. The maximum absolute atomic E-state index is 13.5. The van der Waals surface area contributed by atoms with Crippen molar-refractivity contribution in [2.24, 2.45) is 23.3 Å². The van der Waals surface area contributed by atoms with Gasteiger partial charge >= 0.3 is 0 Å². The number of hydrogen-bond donors (Lipinski definition) is 5. The van der Waals surface area contributed by atoms with E-state index in [0.717, 1.165) is 31.2 Å². The van der Waals surface area contributed by atoms with Crippen LogP contribution in [0.4, 0.5) is 5.69 Å². The molecule has 5 rings (SSSR count). The molecule has 236 valence electrons. The molecule has 12 heteroatoms. The zero-order valence-corrected chi connectivity index (χ0v) is 26.3. The fourth-order valence-corrected chi connectivity index (χ4v) is 6.96. The molecule has 1 aliphatic rings. The highest BCUT2D eigenvalue weighted by Gasteiger charge is 2.29. The van der Waals surface area contributed by atoms with Gasteiger partial charge in [-0.15, -0.1) is 0 Å². The molecule has 0 radical (unpaired) electrons. The number of aromatic amines is 1. The van der Waals surface area contributed by atoms with Crippen LogP contribution in [0.2, 0.25) is 5.15 Å². The summed E-state index contributed by atoms with van der Waals surface area (Å²) in [5.41, 5.74) is 14.3. The number of nitrogens with zero attached hydrogens (tertiary/aromatic N) is 1. The number of benzene rings is 3. The molecule has 7 N–H and O–H groups in total. The first-order chi connectivity index (χ1) is 21.6.